The van der Waals surface area contributed by atoms with Crippen LogP contribution in [0, 0.1) is 6.92 Å². The predicted octanol–water partition coefficient (Wildman–Crippen LogP) is 5.67. The Balaban J connectivity index is 1.95. The van der Waals surface area contributed by atoms with E-state index in [-0.39, 0.29) is 5.76 Å². The Morgan fingerprint density at radius 1 is 0.848 bits per heavy atom. The number of aromatic hydroxyl groups is 1. The third-order valence-corrected chi connectivity index (χ3v) is 5.38. The Hall–Kier alpha value is -4.19. The molecule has 0 aliphatic heterocycles. The lowest BCUT2D eigenvalue weighted by molar-refractivity contribution is 0.393. The summed E-state index contributed by atoms with van der Waals surface area (Å²) in [5, 5.41) is 11.1. The van der Waals surface area contributed by atoms with Crippen LogP contribution in [0.15, 0.2) is 63.8 Å². The maximum absolute atomic E-state index is 12.9. The van der Waals surface area contributed by atoms with Crippen LogP contribution in [0.4, 0.5) is 0 Å². The normalized spacial score (nSPS) is 11.2. The molecule has 1 N–H and O–H groups in total. The maximum atomic E-state index is 12.9. The van der Waals surface area contributed by atoms with E-state index < -0.39 is 11.2 Å². The van der Waals surface area contributed by atoms with Gasteiger partial charge in [-0.15, -0.1) is 0 Å². The second kappa shape index (κ2) is 9.12. The van der Waals surface area contributed by atoms with Crippen LogP contribution in [-0.4, -0.2) is 26.4 Å². The van der Waals surface area contributed by atoms with Crippen LogP contribution < -0.4 is 19.6 Å². The largest absolute Gasteiger partial charge is 0.502 e. The molecule has 0 saturated heterocycles. The van der Waals surface area contributed by atoms with Crippen molar-refractivity contribution in [1.82, 2.24) is 0 Å². The van der Waals surface area contributed by atoms with Crippen molar-refractivity contribution in [2.45, 2.75) is 6.92 Å². The fraction of sp³-hybridized carbons (Fsp3) is 0.148. The summed E-state index contributed by atoms with van der Waals surface area (Å²) in [6, 6.07) is 16.3. The SMILES string of the molecule is COc1ccc(/C=C/c2cc(OC)cc(OC)c2-c2oc3cc(C)ccc3c(=O)c2O)cc1. The van der Waals surface area contributed by atoms with Gasteiger partial charge in [0.1, 0.15) is 22.8 Å². The van der Waals surface area contributed by atoms with Gasteiger partial charge in [0, 0.05) is 6.07 Å². The van der Waals surface area contributed by atoms with Crippen LogP contribution in [0.3, 0.4) is 0 Å². The van der Waals surface area contributed by atoms with Crippen LogP contribution in [0.25, 0.3) is 34.4 Å². The number of hydrogen-bond donors (Lipinski definition) is 1. The highest BCUT2D eigenvalue weighted by Gasteiger charge is 2.22. The molecule has 0 aliphatic carbocycles. The van der Waals surface area contributed by atoms with Gasteiger partial charge in [-0.1, -0.05) is 30.4 Å². The number of ether oxygens (including phenoxy) is 3. The number of hydrogen-bond acceptors (Lipinski definition) is 6. The third-order valence-electron chi connectivity index (χ3n) is 5.38. The van der Waals surface area contributed by atoms with Crippen LogP contribution in [-0.2, 0) is 0 Å². The van der Waals surface area contributed by atoms with Crippen molar-refractivity contribution < 1.29 is 23.7 Å². The summed E-state index contributed by atoms with van der Waals surface area (Å²) in [5.41, 5.74) is 2.84. The van der Waals surface area contributed by atoms with Gasteiger partial charge in [0.25, 0.3) is 0 Å². The molecule has 0 amide bonds. The Labute approximate surface area is 191 Å². The second-order valence-electron chi connectivity index (χ2n) is 7.51. The highest BCUT2D eigenvalue weighted by molar-refractivity contribution is 5.89. The van der Waals surface area contributed by atoms with Crippen molar-refractivity contribution in [3.05, 3.63) is 81.5 Å². The molecule has 4 rings (SSSR count). The van der Waals surface area contributed by atoms with Gasteiger partial charge in [-0.25, -0.2) is 0 Å². The van der Waals surface area contributed by atoms with Crippen molar-refractivity contribution >= 4 is 23.1 Å². The molecule has 0 fully saturated rings. The Bertz CT molecular complexity index is 1400. The summed E-state index contributed by atoms with van der Waals surface area (Å²) < 4.78 is 22.3. The van der Waals surface area contributed by atoms with E-state index in [1.54, 1.807) is 44.6 Å². The van der Waals surface area contributed by atoms with Crippen molar-refractivity contribution in [3.8, 4) is 34.3 Å². The van der Waals surface area contributed by atoms with Gasteiger partial charge >= 0.3 is 0 Å². The summed E-state index contributed by atoms with van der Waals surface area (Å²) in [7, 11) is 4.68. The lowest BCUT2D eigenvalue weighted by Gasteiger charge is -2.15. The van der Waals surface area contributed by atoms with E-state index in [0.717, 1.165) is 16.9 Å². The number of fused-ring (bicyclic) bond motifs is 1. The molecule has 6 heteroatoms. The molecule has 3 aromatic carbocycles. The quantitative estimate of drug-likeness (QED) is 0.386. The van der Waals surface area contributed by atoms with Crippen LogP contribution in [0.2, 0.25) is 0 Å². The van der Waals surface area contributed by atoms with Gasteiger partial charge in [-0.2, -0.15) is 0 Å². The first-order chi connectivity index (χ1) is 15.9. The number of aryl methyl sites for hydroxylation is 1. The van der Waals surface area contributed by atoms with E-state index in [1.165, 1.54) is 7.11 Å². The third kappa shape index (κ3) is 4.28. The highest BCUT2D eigenvalue weighted by atomic mass is 16.5. The van der Waals surface area contributed by atoms with Crippen LogP contribution >= 0.6 is 0 Å². The number of benzene rings is 3. The van der Waals surface area contributed by atoms with Gasteiger partial charge in [-0.3, -0.25) is 4.79 Å². The molecule has 1 aromatic heterocycles. The van der Waals surface area contributed by atoms with Crippen molar-refractivity contribution in [1.29, 1.82) is 0 Å². The summed E-state index contributed by atoms with van der Waals surface area (Å²) >= 11 is 0. The standard InChI is InChI=1S/C27H24O6/c1-16-5-12-21-22(13-16)33-27(26(29)25(21)28)24-18(14-20(31-3)15-23(24)32-4)9-6-17-7-10-19(30-2)11-8-17/h5-15,29H,1-4H3/b9-6+. The topological polar surface area (TPSA) is 78.1 Å². The van der Waals surface area contributed by atoms with Gasteiger partial charge in [0.05, 0.1) is 32.3 Å². The Morgan fingerprint density at radius 2 is 1.58 bits per heavy atom. The molecule has 33 heavy (non-hydrogen) atoms. The van der Waals surface area contributed by atoms with Gasteiger partial charge in [-0.05, 0) is 53.9 Å². The zero-order chi connectivity index (χ0) is 23.5. The van der Waals surface area contributed by atoms with Crippen LogP contribution in [0.5, 0.6) is 23.0 Å². The molecule has 0 bridgehead atoms. The fourth-order valence-electron chi connectivity index (χ4n) is 3.63. The van der Waals surface area contributed by atoms with Crippen molar-refractivity contribution in [3.63, 3.8) is 0 Å². The van der Waals surface area contributed by atoms with Gasteiger partial charge in [0.15, 0.2) is 5.76 Å². The van der Waals surface area contributed by atoms with E-state index in [2.05, 4.69) is 0 Å². The minimum atomic E-state index is -0.505. The molecule has 0 aliphatic rings. The van der Waals surface area contributed by atoms with Gasteiger partial charge < -0.3 is 23.7 Å². The first-order valence-corrected chi connectivity index (χ1v) is 10.3. The first kappa shape index (κ1) is 22.0. The fourth-order valence-corrected chi connectivity index (χ4v) is 3.63. The molecule has 0 saturated carbocycles. The number of rotatable bonds is 6. The highest BCUT2D eigenvalue weighted by Crippen LogP contribution is 2.42. The molecular weight excluding hydrogens is 420 g/mol. The van der Waals surface area contributed by atoms with E-state index in [9.17, 15) is 9.90 Å². The van der Waals surface area contributed by atoms with E-state index in [0.29, 0.717) is 33.6 Å². The lowest BCUT2D eigenvalue weighted by Crippen LogP contribution is -2.04. The lowest BCUT2D eigenvalue weighted by atomic mass is 10.00. The molecule has 0 atom stereocenters. The first-order valence-electron chi connectivity index (χ1n) is 10.3. The summed E-state index contributed by atoms with van der Waals surface area (Å²) in [4.78, 5) is 12.9. The molecule has 1 heterocycles. The molecule has 4 aromatic rings. The monoisotopic (exact) mass is 444 g/mol. The predicted molar refractivity (Wildman–Crippen MR) is 129 cm³/mol. The van der Waals surface area contributed by atoms with Crippen LogP contribution in [0.1, 0.15) is 16.7 Å². The van der Waals surface area contributed by atoms with E-state index in [1.807, 2.05) is 43.3 Å². The zero-order valence-corrected chi connectivity index (χ0v) is 18.8. The Kier molecular flexibility index (Phi) is 6.09. The average Bonchev–Trinajstić information content (AvgIpc) is 2.84. The molecule has 0 spiro atoms. The van der Waals surface area contributed by atoms with E-state index in [4.69, 9.17) is 18.6 Å². The second-order valence-corrected chi connectivity index (χ2v) is 7.51. The average molecular weight is 444 g/mol. The summed E-state index contributed by atoms with van der Waals surface area (Å²) in [6.45, 7) is 1.91. The smallest absolute Gasteiger partial charge is 0.235 e. The van der Waals surface area contributed by atoms with Gasteiger partial charge in [0.2, 0.25) is 11.2 Å². The minimum absolute atomic E-state index is 0.0342. The maximum Gasteiger partial charge on any atom is 0.235 e. The van der Waals surface area contributed by atoms with Crippen molar-refractivity contribution in [2.75, 3.05) is 21.3 Å². The van der Waals surface area contributed by atoms with Crippen molar-refractivity contribution in [2.24, 2.45) is 0 Å². The van der Waals surface area contributed by atoms with E-state index >= 15 is 0 Å². The molecular formula is C27H24O6. The summed E-state index contributed by atoms with van der Waals surface area (Å²) in [5.74, 6) is 1.27. The number of methoxy groups -OCH3 is 3. The molecule has 6 nitrogen and oxygen atoms in total. The molecule has 168 valence electrons. The zero-order valence-electron chi connectivity index (χ0n) is 18.8. The molecule has 0 radical (unpaired) electrons. The molecule has 0 unspecified atom stereocenters. The summed E-state index contributed by atoms with van der Waals surface area (Å²) in [6.07, 6.45) is 3.75. The minimum Gasteiger partial charge on any atom is -0.502 e. The Morgan fingerprint density at radius 3 is 2.24 bits per heavy atom.